The fraction of sp³-hybridized carbons (Fsp3) is 0.647. The van der Waals surface area contributed by atoms with E-state index in [1.165, 1.54) is 0 Å². The molecule has 0 atom stereocenters. The lowest BCUT2D eigenvalue weighted by Crippen LogP contribution is -2.40. The van der Waals surface area contributed by atoms with Crippen LogP contribution in [0.1, 0.15) is 51.2 Å². The first-order chi connectivity index (χ1) is 10.3. The maximum absolute atomic E-state index is 12.8. The third-order valence-electron chi connectivity index (χ3n) is 3.89. The molecule has 0 N–H and O–H groups in total. The van der Waals surface area contributed by atoms with Crippen molar-refractivity contribution in [1.29, 1.82) is 0 Å². The van der Waals surface area contributed by atoms with Crippen LogP contribution in [-0.4, -0.2) is 16.7 Å². The van der Waals surface area contributed by atoms with Crippen molar-refractivity contribution in [3.63, 3.8) is 0 Å². The van der Waals surface area contributed by atoms with Crippen molar-refractivity contribution in [2.24, 2.45) is 0 Å². The Morgan fingerprint density at radius 3 is 1.64 bits per heavy atom. The molecule has 0 amide bonds. The molecule has 0 aliphatic rings. The van der Waals surface area contributed by atoms with Crippen molar-refractivity contribution >= 4 is 18.4 Å². The van der Waals surface area contributed by atoms with E-state index in [4.69, 9.17) is 3.87 Å². The van der Waals surface area contributed by atoms with E-state index in [2.05, 4.69) is 20.8 Å². The minimum Gasteiger partial charge on any atom is -0.311 e. The van der Waals surface area contributed by atoms with E-state index in [9.17, 15) is 8.42 Å². The molecular formula is C17H30O3SSi. The Morgan fingerprint density at radius 1 is 0.864 bits per heavy atom. The molecule has 22 heavy (non-hydrogen) atoms. The minimum absolute atomic E-state index is 0.310. The molecule has 1 aromatic carbocycles. The van der Waals surface area contributed by atoms with Crippen LogP contribution in [0.4, 0.5) is 0 Å². The molecule has 0 aromatic heterocycles. The van der Waals surface area contributed by atoms with Gasteiger partial charge in [-0.2, -0.15) is 8.42 Å². The fourth-order valence-electron chi connectivity index (χ4n) is 3.22. The topological polar surface area (TPSA) is 43.4 Å². The van der Waals surface area contributed by atoms with E-state index >= 15 is 0 Å². The lowest BCUT2D eigenvalue weighted by molar-refractivity contribution is 0.469. The van der Waals surface area contributed by atoms with Crippen molar-refractivity contribution in [2.75, 3.05) is 0 Å². The zero-order valence-electron chi connectivity index (χ0n) is 14.6. The molecule has 126 valence electrons. The highest BCUT2D eigenvalue weighted by Crippen LogP contribution is 2.31. The molecule has 0 aliphatic heterocycles. The van der Waals surface area contributed by atoms with Gasteiger partial charge in [-0.05, 0) is 55.2 Å². The molecule has 0 saturated heterocycles. The highest BCUT2D eigenvalue weighted by Gasteiger charge is 2.38. The Morgan fingerprint density at radius 2 is 1.27 bits per heavy atom. The first-order valence-corrected chi connectivity index (χ1v) is 12.3. The summed E-state index contributed by atoms with van der Waals surface area (Å²) in [5.74, 6) is 0. The summed E-state index contributed by atoms with van der Waals surface area (Å²) in [6.45, 7) is 10.2. The van der Waals surface area contributed by atoms with Gasteiger partial charge in [0.25, 0.3) is 10.1 Å². The first kappa shape index (κ1) is 19.4. The third-order valence-corrected chi connectivity index (χ3v) is 11.2. The number of hydrogen-bond donors (Lipinski definition) is 0. The van der Waals surface area contributed by atoms with Gasteiger partial charge in [-0.25, -0.2) is 0 Å². The van der Waals surface area contributed by atoms with Gasteiger partial charge in [0.05, 0.1) is 4.90 Å². The molecule has 1 aromatic rings. The highest BCUT2D eigenvalue weighted by atomic mass is 32.2. The van der Waals surface area contributed by atoms with Gasteiger partial charge in [-0.1, -0.05) is 46.1 Å². The van der Waals surface area contributed by atoms with Crippen LogP contribution in [0.15, 0.2) is 23.1 Å². The van der Waals surface area contributed by atoms with Crippen molar-refractivity contribution in [3.8, 4) is 0 Å². The highest BCUT2D eigenvalue weighted by molar-refractivity contribution is 7.87. The molecule has 0 heterocycles. The van der Waals surface area contributed by atoms with Gasteiger partial charge in [0.2, 0.25) is 8.32 Å². The van der Waals surface area contributed by atoms with Crippen LogP contribution in [0.5, 0.6) is 0 Å². The SMILES string of the molecule is CCC[Si](CCC)(CCC)OS(=O)(=O)c1cc(C)cc(C)c1. The summed E-state index contributed by atoms with van der Waals surface area (Å²) in [6.07, 6.45) is 2.94. The van der Waals surface area contributed by atoms with Gasteiger partial charge in [0.1, 0.15) is 0 Å². The Hall–Kier alpha value is -0.653. The van der Waals surface area contributed by atoms with Crippen LogP contribution in [0.2, 0.25) is 18.1 Å². The monoisotopic (exact) mass is 342 g/mol. The number of benzene rings is 1. The largest absolute Gasteiger partial charge is 0.311 e. The zero-order chi connectivity index (χ0) is 16.8. The molecule has 0 spiro atoms. The van der Waals surface area contributed by atoms with E-state index in [1.54, 1.807) is 12.1 Å². The third kappa shape index (κ3) is 5.21. The van der Waals surface area contributed by atoms with Crippen LogP contribution in [-0.2, 0) is 14.0 Å². The summed E-state index contributed by atoms with van der Waals surface area (Å²) in [5, 5.41) is 0. The summed E-state index contributed by atoms with van der Waals surface area (Å²) in [4.78, 5) is 0.310. The van der Waals surface area contributed by atoms with Crippen molar-refractivity contribution in [2.45, 2.75) is 76.9 Å². The molecule has 0 radical (unpaired) electrons. The second kappa shape index (κ2) is 8.27. The van der Waals surface area contributed by atoms with Gasteiger partial charge >= 0.3 is 0 Å². The van der Waals surface area contributed by atoms with Crippen LogP contribution in [0, 0.1) is 13.8 Å². The molecule has 1 rings (SSSR count). The lowest BCUT2D eigenvalue weighted by atomic mass is 10.2. The average molecular weight is 343 g/mol. The van der Waals surface area contributed by atoms with Crippen LogP contribution in [0.3, 0.4) is 0 Å². The van der Waals surface area contributed by atoms with Gasteiger partial charge < -0.3 is 3.87 Å². The molecule has 0 fully saturated rings. The summed E-state index contributed by atoms with van der Waals surface area (Å²) in [5.41, 5.74) is 1.91. The molecule has 0 aliphatic carbocycles. The normalized spacial score (nSPS) is 12.6. The Kier molecular flexibility index (Phi) is 7.29. The first-order valence-electron chi connectivity index (χ1n) is 8.32. The quantitative estimate of drug-likeness (QED) is 0.580. The average Bonchev–Trinajstić information content (AvgIpc) is 2.37. The molecule has 5 heteroatoms. The summed E-state index contributed by atoms with van der Waals surface area (Å²) >= 11 is 0. The second-order valence-electron chi connectivity index (χ2n) is 6.29. The van der Waals surface area contributed by atoms with Crippen molar-refractivity contribution < 1.29 is 12.3 Å². The number of hydrogen-bond acceptors (Lipinski definition) is 3. The van der Waals surface area contributed by atoms with Gasteiger partial charge in [0, 0.05) is 0 Å². The van der Waals surface area contributed by atoms with Gasteiger partial charge in [-0.15, -0.1) is 0 Å². The zero-order valence-corrected chi connectivity index (χ0v) is 16.4. The molecule has 0 saturated carbocycles. The van der Waals surface area contributed by atoms with Gasteiger partial charge in [0.15, 0.2) is 0 Å². The Bertz CT molecular complexity index is 544. The van der Waals surface area contributed by atoms with Crippen LogP contribution < -0.4 is 0 Å². The van der Waals surface area contributed by atoms with E-state index in [0.717, 1.165) is 48.5 Å². The molecular weight excluding hydrogens is 312 g/mol. The Labute approximate surface area is 137 Å². The van der Waals surface area contributed by atoms with E-state index in [-0.39, 0.29) is 0 Å². The molecule has 0 unspecified atom stereocenters. The number of aryl methyl sites for hydroxylation is 2. The predicted octanol–water partition coefficient (Wildman–Crippen LogP) is 5.18. The van der Waals surface area contributed by atoms with Crippen molar-refractivity contribution in [1.82, 2.24) is 0 Å². The standard InChI is InChI=1S/C17H30O3SSi/c1-6-9-22(10-7-2,11-8-3)20-21(18,19)17-13-15(4)12-16(5)14-17/h12-14H,6-11H2,1-5H3. The maximum atomic E-state index is 12.8. The number of rotatable bonds is 9. The van der Waals surface area contributed by atoms with E-state index in [1.807, 2.05) is 19.9 Å². The maximum Gasteiger partial charge on any atom is 0.287 e. The van der Waals surface area contributed by atoms with Crippen molar-refractivity contribution in [3.05, 3.63) is 29.3 Å². The second-order valence-corrected chi connectivity index (χ2v) is 12.2. The minimum atomic E-state index is -3.67. The van der Waals surface area contributed by atoms with Gasteiger partial charge in [-0.3, -0.25) is 0 Å². The molecule has 0 bridgehead atoms. The molecule has 3 nitrogen and oxygen atoms in total. The lowest BCUT2D eigenvalue weighted by Gasteiger charge is -2.30. The smallest absolute Gasteiger partial charge is 0.287 e. The van der Waals surface area contributed by atoms with Crippen LogP contribution >= 0.6 is 0 Å². The van der Waals surface area contributed by atoms with E-state index in [0.29, 0.717) is 4.90 Å². The van der Waals surface area contributed by atoms with Crippen LogP contribution in [0.25, 0.3) is 0 Å². The predicted molar refractivity (Wildman–Crippen MR) is 95.2 cm³/mol. The fourth-order valence-corrected chi connectivity index (χ4v) is 10.6. The summed E-state index contributed by atoms with van der Waals surface area (Å²) in [7, 11) is -5.90. The summed E-state index contributed by atoms with van der Waals surface area (Å²) in [6, 6.07) is 8.15. The Balaban J connectivity index is 3.18. The van der Waals surface area contributed by atoms with E-state index < -0.39 is 18.4 Å². The summed E-state index contributed by atoms with van der Waals surface area (Å²) < 4.78 is 31.5.